The molecule has 0 saturated carbocycles. The Kier molecular flexibility index (Phi) is 5.65. The molecule has 0 radical (unpaired) electrons. The molecule has 4 heteroatoms. The molecule has 0 saturated heterocycles. The van der Waals surface area contributed by atoms with E-state index in [1.165, 1.54) is 0 Å². The van der Waals surface area contributed by atoms with Crippen LogP contribution in [0.25, 0.3) is 0 Å². The molecule has 0 heterocycles. The van der Waals surface area contributed by atoms with Gasteiger partial charge in [-0.3, -0.25) is 0 Å². The molecule has 1 aromatic rings. The van der Waals surface area contributed by atoms with Crippen molar-refractivity contribution in [2.75, 3.05) is 11.5 Å². The van der Waals surface area contributed by atoms with E-state index in [1.54, 1.807) is 0 Å². The van der Waals surface area contributed by atoms with Gasteiger partial charge in [0.15, 0.2) is 0 Å². The Labute approximate surface area is 104 Å². The van der Waals surface area contributed by atoms with Crippen LogP contribution in [0.3, 0.4) is 0 Å². The third-order valence-corrected chi connectivity index (χ3v) is 4.54. The molecule has 0 bridgehead atoms. The zero-order chi connectivity index (χ0) is 12.7. The maximum Gasteiger partial charge on any atom is 0.150 e. The predicted octanol–water partition coefficient (Wildman–Crippen LogP) is 1.77. The smallest absolute Gasteiger partial charge is 0.150 e. The van der Waals surface area contributed by atoms with Crippen molar-refractivity contribution in [2.45, 2.75) is 32.2 Å². The Morgan fingerprint density at radius 1 is 1.18 bits per heavy atom. The van der Waals surface area contributed by atoms with E-state index in [-0.39, 0.29) is 17.5 Å². The summed E-state index contributed by atoms with van der Waals surface area (Å²) in [6, 6.07) is 9.84. The summed E-state index contributed by atoms with van der Waals surface area (Å²) in [6.07, 6.45) is 1.95. The van der Waals surface area contributed by atoms with Crippen molar-refractivity contribution >= 4 is 9.84 Å². The fourth-order valence-corrected chi connectivity index (χ4v) is 3.25. The van der Waals surface area contributed by atoms with Gasteiger partial charge >= 0.3 is 0 Å². The van der Waals surface area contributed by atoms with E-state index in [1.807, 2.05) is 37.3 Å². The average Bonchev–Trinajstić information content (AvgIpc) is 2.28. The predicted molar refractivity (Wildman–Crippen MR) is 71.7 cm³/mol. The fourth-order valence-electron chi connectivity index (χ4n) is 1.76. The van der Waals surface area contributed by atoms with Crippen LogP contribution in [0.1, 0.15) is 25.3 Å². The van der Waals surface area contributed by atoms with Gasteiger partial charge in [-0.1, -0.05) is 37.3 Å². The monoisotopic (exact) mass is 255 g/mol. The number of rotatable bonds is 7. The van der Waals surface area contributed by atoms with Crippen molar-refractivity contribution in [2.24, 2.45) is 5.73 Å². The molecule has 0 aliphatic carbocycles. The lowest BCUT2D eigenvalue weighted by Crippen LogP contribution is -2.26. The second-order valence-corrected chi connectivity index (χ2v) is 6.69. The van der Waals surface area contributed by atoms with Crippen LogP contribution in [0.15, 0.2) is 30.3 Å². The van der Waals surface area contributed by atoms with Gasteiger partial charge in [0, 0.05) is 11.8 Å². The van der Waals surface area contributed by atoms with Gasteiger partial charge in [-0.15, -0.1) is 0 Å². The molecule has 1 aromatic carbocycles. The van der Waals surface area contributed by atoms with Gasteiger partial charge in [-0.25, -0.2) is 8.42 Å². The Hall–Kier alpha value is -0.870. The molecular weight excluding hydrogens is 234 g/mol. The van der Waals surface area contributed by atoms with E-state index in [4.69, 9.17) is 5.73 Å². The van der Waals surface area contributed by atoms with E-state index in [2.05, 4.69) is 0 Å². The quantitative estimate of drug-likeness (QED) is 0.807. The fraction of sp³-hybridized carbons (Fsp3) is 0.538. The Morgan fingerprint density at radius 3 is 2.41 bits per heavy atom. The Morgan fingerprint density at radius 2 is 1.82 bits per heavy atom. The zero-order valence-corrected chi connectivity index (χ0v) is 11.1. The summed E-state index contributed by atoms with van der Waals surface area (Å²) in [5, 5.41) is 0. The number of sulfone groups is 1. The van der Waals surface area contributed by atoms with Crippen LogP contribution >= 0.6 is 0 Å². The molecule has 0 fully saturated rings. The standard InChI is InChI=1S/C13H21NO2S/c1-2-9-17(15,16)10-8-13(14)11-12-6-4-3-5-7-12/h3-7,13H,2,8-11,14H2,1H3. The minimum absolute atomic E-state index is 0.0796. The maximum absolute atomic E-state index is 11.5. The van der Waals surface area contributed by atoms with E-state index >= 15 is 0 Å². The van der Waals surface area contributed by atoms with E-state index in [0.717, 1.165) is 12.0 Å². The maximum atomic E-state index is 11.5. The summed E-state index contributed by atoms with van der Waals surface area (Å²) in [5.41, 5.74) is 7.10. The van der Waals surface area contributed by atoms with Crippen molar-refractivity contribution in [3.63, 3.8) is 0 Å². The highest BCUT2D eigenvalue weighted by Crippen LogP contribution is 2.06. The minimum Gasteiger partial charge on any atom is -0.327 e. The molecule has 1 atom stereocenters. The van der Waals surface area contributed by atoms with Gasteiger partial charge in [0.05, 0.1) is 5.75 Å². The molecule has 1 rings (SSSR count). The first-order valence-corrected chi connectivity index (χ1v) is 7.85. The van der Waals surface area contributed by atoms with Crippen LogP contribution < -0.4 is 5.73 Å². The van der Waals surface area contributed by atoms with Crippen LogP contribution in [0.5, 0.6) is 0 Å². The lowest BCUT2D eigenvalue weighted by atomic mass is 10.1. The average molecular weight is 255 g/mol. The van der Waals surface area contributed by atoms with Gasteiger partial charge < -0.3 is 5.73 Å². The first-order chi connectivity index (χ1) is 8.03. The zero-order valence-electron chi connectivity index (χ0n) is 10.3. The van der Waals surface area contributed by atoms with Crippen LogP contribution in [-0.4, -0.2) is 26.0 Å². The molecule has 0 aliphatic rings. The number of nitrogens with two attached hydrogens (primary N) is 1. The van der Waals surface area contributed by atoms with Crippen molar-refractivity contribution in [3.8, 4) is 0 Å². The molecule has 0 aromatic heterocycles. The second-order valence-electron chi connectivity index (χ2n) is 4.39. The number of hydrogen-bond donors (Lipinski definition) is 1. The largest absolute Gasteiger partial charge is 0.327 e. The Bertz CT molecular complexity index is 414. The van der Waals surface area contributed by atoms with Crippen LogP contribution in [0.4, 0.5) is 0 Å². The summed E-state index contributed by atoms with van der Waals surface area (Å²) in [7, 11) is -2.90. The SMILES string of the molecule is CCCS(=O)(=O)CCC(N)Cc1ccccc1. The molecular formula is C13H21NO2S. The van der Waals surface area contributed by atoms with Gasteiger partial charge in [0.25, 0.3) is 0 Å². The summed E-state index contributed by atoms with van der Waals surface area (Å²) in [6.45, 7) is 1.88. The highest BCUT2D eigenvalue weighted by Gasteiger charge is 2.12. The molecule has 17 heavy (non-hydrogen) atoms. The van der Waals surface area contributed by atoms with Crippen LogP contribution in [0.2, 0.25) is 0 Å². The normalized spacial score (nSPS) is 13.5. The minimum atomic E-state index is -2.90. The van der Waals surface area contributed by atoms with Crippen LogP contribution in [-0.2, 0) is 16.3 Å². The summed E-state index contributed by atoms with van der Waals surface area (Å²) in [5.74, 6) is 0.472. The van der Waals surface area contributed by atoms with Crippen molar-refractivity contribution < 1.29 is 8.42 Å². The van der Waals surface area contributed by atoms with Gasteiger partial charge in [-0.05, 0) is 24.8 Å². The number of benzene rings is 1. The Balaban J connectivity index is 2.38. The molecule has 3 nitrogen and oxygen atoms in total. The highest BCUT2D eigenvalue weighted by atomic mass is 32.2. The molecule has 1 unspecified atom stereocenters. The second kappa shape index (κ2) is 6.77. The van der Waals surface area contributed by atoms with E-state index in [9.17, 15) is 8.42 Å². The topological polar surface area (TPSA) is 60.2 Å². The number of hydrogen-bond acceptors (Lipinski definition) is 3. The van der Waals surface area contributed by atoms with Crippen LogP contribution in [0, 0.1) is 0 Å². The van der Waals surface area contributed by atoms with E-state index in [0.29, 0.717) is 12.8 Å². The molecule has 0 amide bonds. The highest BCUT2D eigenvalue weighted by molar-refractivity contribution is 7.91. The summed E-state index contributed by atoms with van der Waals surface area (Å²) >= 11 is 0. The van der Waals surface area contributed by atoms with Gasteiger partial charge in [0.1, 0.15) is 9.84 Å². The third-order valence-electron chi connectivity index (χ3n) is 2.66. The lowest BCUT2D eigenvalue weighted by molar-refractivity contribution is 0.579. The van der Waals surface area contributed by atoms with Crippen molar-refractivity contribution in [1.29, 1.82) is 0 Å². The van der Waals surface area contributed by atoms with Gasteiger partial charge in [-0.2, -0.15) is 0 Å². The van der Waals surface area contributed by atoms with Crippen molar-refractivity contribution in [3.05, 3.63) is 35.9 Å². The molecule has 96 valence electrons. The van der Waals surface area contributed by atoms with Gasteiger partial charge in [0.2, 0.25) is 0 Å². The first-order valence-electron chi connectivity index (χ1n) is 6.03. The summed E-state index contributed by atoms with van der Waals surface area (Å²) < 4.78 is 23.1. The first kappa shape index (κ1) is 14.2. The molecule has 0 aliphatic heterocycles. The molecule has 0 spiro atoms. The van der Waals surface area contributed by atoms with E-state index < -0.39 is 9.84 Å². The van der Waals surface area contributed by atoms with Crippen molar-refractivity contribution in [1.82, 2.24) is 0 Å². The lowest BCUT2D eigenvalue weighted by Gasteiger charge is -2.11. The summed E-state index contributed by atoms with van der Waals surface area (Å²) in [4.78, 5) is 0. The molecule has 2 N–H and O–H groups in total. The third kappa shape index (κ3) is 5.84.